The number of hydrogen-bond acceptors (Lipinski definition) is 4. The number of nitrogens with zero attached hydrogens (tertiary/aromatic N) is 2. The van der Waals surface area contributed by atoms with Gasteiger partial charge in [0.2, 0.25) is 0 Å². The van der Waals surface area contributed by atoms with Gasteiger partial charge in [-0.25, -0.2) is 4.79 Å². The first-order chi connectivity index (χ1) is 15.1. The average molecular weight is 423 g/mol. The van der Waals surface area contributed by atoms with E-state index in [0.29, 0.717) is 43.2 Å². The first-order valence-corrected chi connectivity index (χ1v) is 10.4. The van der Waals surface area contributed by atoms with E-state index in [9.17, 15) is 14.4 Å². The molecule has 0 bridgehead atoms. The Morgan fingerprint density at radius 1 is 1.16 bits per heavy atom. The Labute approximate surface area is 181 Å². The Morgan fingerprint density at radius 2 is 1.94 bits per heavy atom. The lowest BCUT2D eigenvalue weighted by Crippen LogP contribution is -2.13. The maximum absolute atomic E-state index is 12.4. The number of rotatable bonds is 9. The summed E-state index contributed by atoms with van der Waals surface area (Å²) in [6.07, 6.45) is 0.608. The lowest BCUT2D eigenvalue weighted by molar-refractivity contribution is 0.161. The summed E-state index contributed by atoms with van der Waals surface area (Å²) < 4.78 is 25.1. The minimum absolute atomic E-state index is 0.307. The highest BCUT2D eigenvalue weighted by Crippen LogP contribution is 2.35. The van der Waals surface area contributed by atoms with E-state index in [0.717, 1.165) is 28.6 Å². The van der Waals surface area contributed by atoms with Gasteiger partial charge in [0.1, 0.15) is 11.8 Å². The predicted octanol–water partition coefficient (Wildman–Crippen LogP) is 5.90. The molecule has 0 fully saturated rings. The maximum atomic E-state index is 12.4. The lowest BCUT2D eigenvalue weighted by Gasteiger charge is -2.11. The third-order valence-electron chi connectivity index (χ3n) is 4.85. The summed E-state index contributed by atoms with van der Waals surface area (Å²) in [4.78, 5) is 11.8. The van der Waals surface area contributed by atoms with E-state index in [1.807, 2.05) is 38.1 Å². The third-order valence-corrected chi connectivity index (χ3v) is 4.85. The number of fused-ring (bicyclic) bond motifs is 1. The molecule has 0 spiro atoms. The summed E-state index contributed by atoms with van der Waals surface area (Å²) >= 11 is 0. The van der Waals surface area contributed by atoms with Crippen molar-refractivity contribution in [2.75, 3.05) is 25.2 Å². The summed E-state index contributed by atoms with van der Waals surface area (Å²) in [5.41, 5.74) is 3.75. The highest BCUT2D eigenvalue weighted by molar-refractivity contribution is 5.95. The number of benzene rings is 2. The monoisotopic (exact) mass is 423 g/mol. The van der Waals surface area contributed by atoms with Gasteiger partial charge in [-0.1, -0.05) is 19.1 Å². The first kappa shape index (κ1) is 22.2. The standard InChI is InChI=1S/C24H26FN3O3/c1-3-13-31-24(29)27-18-8-6-17(7-9-18)23-21(16-26)20-11-10-19(30-14-5-12-25)15-22(20)28(23)4-2/h6-11,15H,3-5,12-14H2,1-2H3,(H,27,29). The Morgan fingerprint density at radius 3 is 2.58 bits per heavy atom. The number of amides is 1. The normalized spacial score (nSPS) is 10.6. The van der Waals surface area contributed by atoms with Crippen LogP contribution >= 0.6 is 0 Å². The molecule has 0 radical (unpaired) electrons. The topological polar surface area (TPSA) is 76.3 Å². The Bertz CT molecular complexity index is 1080. The zero-order valence-corrected chi connectivity index (χ0v) is 17.8. The quantitative estimate of drug-likeness (QED) is 0.435. The van der Waals surface area contributed by atoms with Gasteiger partial charge in [-0.15, -0.1) is 0 Å². The number of alkyl halides is 1. The van der Waals surface area contributed by atoms with Crippen molar-refractivity contribution < 1.29 is 18.7 Å². The van der Waals surface area contributed by atoms with E-state index in [1.165, 1.54) is 0 Å². The Hall–Kier alpha value is -3.53. The minimum atomic E-state index is -0.490. The fourth-order valence-corrected chi connectivity index (χ4v) is 3.47. The SMILES string of the molecule is CCCOC(=O)Nc1ccc(-c2c(C#N)c3ccc(OCCCF)cc3n2CC)cc1. The molecule has 162 valence electrons. The average Bonchev–Trinajstić information content (AvgIpc) is 3.11. The van der Waals surface area contributed by atoms with Crippen LogP contribution in [0.15, 0.2) is 42.5 Å². The second-order valence-electron chi connectivity index (χ2n) is 6.99. The first-order valence-electron chi connectivity index (χ1n) is 10.4. The van der Waals surface area contributed by atoms with Gasteiger partial charge >= 0.3 is 6.09 Å². The van der Waals surface area contributed by atoms with E-state index in [1.54, 1.807) is 18.2 Å². The summed E-state index contributed by atoms with van der Waals surface area (Å²) in [5, 5.41) is 13.4. The van der Waals surface area contributed by atoms with Crippen molar-refractivity contribution >= 4 is 22.7 Å². The number of carbonyl (C=O) groups excluding carboxylic acids is 1. The zero-order chi connectivity index (χ0) is 22.2. The van der Waals surface area contributed by atoms with Crippen molar-refractivity contribution in [2.45, 2.75) is 33.2 Å². The van der Waals surface area contributed by atoms with Crippen LogP contribution in [-0.2, 0) is 11.3 Å². The number of ether oxygens (including phenoxy) is 2. The molecule has 0 aliphatic rings. The molecule has 1 N–H and O–H groups in total. The third kappa shape index (κ3) is 4.97. The van der Waals surface area contributed by atoms with Gasteiger partial charge in [0.05, 0.1) is 36.7 Å². The van der Waals surface area contributed by atoms with Gasteiger partial charge in [0, 0.05) is 30.1 Å². The molecule has 31 heavy (non-hydrogen) atoms. The van der Waals surface area contributed by atoms with Crippen LogP contribution in [0.3, 0.4) is 0 Å². The van der Waals surface area contributed by atoms with Crippen molar-refractivity contribution in [1.29, 1.82) is 5.26 Å². The van der Waals surface area contributed by atoms with Crippen LogP contribution in [0.4, 0.5) is 14.9 Å². The van der Waals surface area contributed by atoms with Crippen molar-refractivity contribution in [3.05, 3.63) is 48.0 Å². The lowest BCUT2D eigenvalue weighted by atomic mass is 10.1. The van der Waals surface area contributed by atoms with Crippen molar-refractivity contribution in [2.24, 2.45) is 0 Å². The van der Waals surface area contributed by atoms with Crippen LogP contribution in [0.25, 0.3) is 22.2 Å². The number of nitrogens with one attached hydrogen (secondary N) is 1. The summed E-state index contributed by atoms with van der Waals surface area (Å²) in [7, 11) is 0. The molecule has 3 aromatic rings. The van der Waals surface area contributed by atoms with Crippen LogP contribution in [0, 0.1) is 11.3 Å². The molecule has 0 unspecified atom stereocenters. The van der Waals surface area contributed by atoms with E-state index >= 15 is 0 Å². The van der Waals surface area contributed by atoms with Gasteiger partial charge in [-0.2, -0.15) is 5.26 Å². The second kappa shape index (κ2) is 10.5. The summed E-state index contributed by atoms with van der Waals surface area (Å²) in [6, 6.07) is 15.2. The van der Waals surface area contributed by atoms with Gasteiger partial charge in [0.15, 0.2) is 0 Å². The van der Waals surface area contributed by atoms with E-state index in [2.05, 4.69) is 16.0 Å². The molecule has 0 aliphatic carbocycles. The molecule has 2 aromatic carbocycles. The van der Waals surface area contributed by atoms with Crippen LogP contribution in [-0.4, -0.2) is 30.5 Å². The van der Waals surface area contributed by atoms with Gasteiger partial charge < -0.3 is 14.0 Å². The molecule has 7 heteroatoms. The molecule has 0 saturated carbocycles. The van der Waals surface area contributed by atoms with Crippen LogP contribution in [0.5, 0.6) is 5.75 Å². The van der Waals surface area contributed by atoms with Crippen LogP contribution in [0.2, 0.25) is 0 Å². The van der Waals surface area contributed by atoms with Crippen molar-refractivity contribution in [3.63, 3.8) is 0 Å². The van der Waals surface area contributed by atoms with Gasteiger partial charge in [-0.05, 0) is 43.2 Å². The number of nitriles is 1. The molecular weight excluding hydrogens is 397 g/mol. The smallest absolute Gasteiger partial charge is 0.411 e. The summed E-state index contributed by atoms with van der Waals surface area (Å²) in [5.74, 6) is 0.648. The second-order valence-corrected chi connectivity index (χ2v) is 6.99. The Kier molecular flexibility index (Phi) is 7.50. The van der Waals surface area contributed by atoms with Crippen LogP contribution < -0.4 is 10.1 Å². The number of aryl methyl sites for hydroxylation is 1. The van der Waals surface area contributed by atoms with E-state index in [-0.39, 0.29) is 0 Å². The number of carbonyl (C=O) groups is 1. The fourth-order valence-electron chi connectivity index (χ4n) is 3.47. The minimum Gasteiger partial charge on any atom is -0.493 e. The number of halogens is 1. The zero-order valence-electron chi connectivity index (χ0n) is 17.8. The predicted molar refractivity (Wildman–Crippen MR) is 119 cm³/mol. The molecule has 3 rings (SSSR count). The number of anilines is 1. The van der Waals surface area contributed by atoms with Gasteiger partial charge in [-0.3, -0.25) is 9.71 Å². The molecule has 1 amide bonds. The summed E-state index contributed by atoms with van der Waals surface area (Å²) in [6.45, 7) is 4.86. The molecule has 1 heterocycles. The molecule has 0 atom stereocenters. The van der Waals surface area contributed by atoms with E-state index in [4.69, 9.17) is 9.47 Å². The largest absolute Gasteiger partial charge is 0.493 e. The molecule has 1 aromatic heterocycles. The molecule has 0 aliphatic heterocycles. The number of aromatic nitrogens is 1. The maximum Gasteiger partial charge on any atom is 0.411 e. The highest BCUT2D eigenvalue weighted by Gasteiger charge is 2.18. The number of hydrogen-bond donors (Lipinski definition) is 1. The molecular formula is C24H26FN3O3. The van der Waals surface area contributed by atoms with Gasteiger partial charge in [0.25, 0.3) is 0 Å². The molecule has 6 nitrogen and oxygen atoms in total. The van der Waals surface area contributed by atoms with Crippen molar-refractivity contribution in [3.8, 4) is 23.1 Å². The van der Waals surface area contributed by atoms with Crippen LogP contribution in [0.1, 0.15) is 32.3 Å². The Balaban J connectivity index is 1.95. The highest BCUT2D eigenvalue weighted by atomic mass is 19.1. The van der Waals surface area contributed by atoms with E-state index < -0.39 is 12.8 Å². The van der Waals surface area contributed by atoms with Crippen molar-refractivity contribution in [1.82, 2.24) is 4.57 Å². The fraction of sp³-hybridized carbons (Fsp3) is 0.333. The molecule has 0 saturated heterocycles.